The van der Waals surface area contributed by atoms with E-state index in [2.05, 4.69) is 17.1 Å². The summed E-state index contributed by atoms with van der Waals surface area (Å²) in [7, 11) is 1.67. The predicted molar refractivity (Wildman–Crippen MR) is 66.8 cm³/mol. The molecule has 0 aliphatic carbocycles. The highest BCUT2D eigenvalue weighted by atomic mass is 19.4. The lowest BCUT2D eigenvalue weighted by atomic mass is 10.0. The number of nitrogens with zero attached hydrogens (tertiary/aromatic N) is 2. The molecule has 112 valence electrons. The Morgan fingerprint density at radius 3 is 2.42 bits per heavy atom. The van der Waals surface area contributed by atoms with E-state index in [0.717, 1.165) is 32.5 Å². The van der Waals surface area contributed by atoms with Crippen LogP contribution in [-0.2, 0) is 4.79 Å². The molecule has 0 aromatic carbocycles. The number of alkyl halides is 3. The number of carbonyl (C=O) groups excluding carboxylic acids is 1. The average Bonchev–Trinajstić information content (AvgIpc) is 2.36. The molecule has 1 heterocycles. The zero-order valence-corrected chi connectivity index (χ0v) is 11.5. The van der Waals surface area contributed by atoms with Crippen LogP contribution in [0.5, 0.6) is 0 Å². The molecule has 1 saturated heterocycles. The second-order valence-corrected chi connectivity index (χ2v) is 4.89. The maximum Gasteiger partial charge on any atom is 0.401 e. The van der Waals surface area contributed by atoms with Gasteiger partial charge in [-0.05, 0) is 19.4 Å². The molecule has 1 rings (SSSR count). The summed E-state index contributed by atoms with van der Waals surface area (Å²) in [5, 5.41) is 2.14. The van der Waals surface area contributed by atoms with Crippen LogP contribution in [0.25, 0.3) is 0 Å². The lowest BCUT2D eigenvalue weighted by Crippen LogP contribution is -2.48. The molecule has 1 aliphatic heterocycles. The van der Waals surface area contributed by atoms with Crippen LogP contribution in [0.4, 0.5) is 13.2 Å². The second-order valence-electron chi connectivity index (χ2n) is 4.89. The third kappa shape index (κ3) is 5.78. The fourth-order valence-corrected chi connectivity index (χ4v) is 2.26. The number of amides is 1. The van der Waals surface area contributed by atoms with Gasteiger partial charge in [0.25, 0.3) is 0 Å². The monoisotopic (exact) mass is 281 g/mol. The van der Waals surface area contributed by atoms with Crippen LogP contribution in [0.3, 0.4) is 0 Å². The molecule has 0 bridgehead atoms. The summed E-state index contributed by atoms with van der Waals surface area (Å²) in [6.07, 6.45) is -2.50. The highest BCUT2D eigenvalue weighted by molar-refractivity contribution is 5.78. The molecule has 0 saturated carbocycles. The highest BCUT2D eigenvalue weighted by Gasteiger charge is 2.28. The molecule has 4 nitrogen and oxygen atoms in total. The molecule has 7 heteroatoms. The van der Waals surface area contributed by atoms with Gasteiger partial charge in [0, 0.05) is 26.2 Å². The van der Waals surface area contributed by atoms with Crippen molar-refractivity contribution < 1.29 is 18.0 Å². The fourth-order valence-electron chi connectivity index (χ4n) is 2.26. The Kier molecular flexibility index (Phi) is 6.06. The molecule has 0 atom stereocenters. The molecule has 1 amide bonds. The van der Waals surface area contributed by atoms with Gasteiger partial charge in [0.1, 0.15) is 0 Å². The molecule has 0 unspecified atom stereocenters. The summed E-state index contributed by atoms with van der Waals surface area (Å²) in [6, 6.07) is 0.142. The first-order chi connectivity index (χ1) is 8.83. The van der Waals surface area contributed by atoms with Gasteiger partial charge in [-0.25, -0.2) is 0 Å². The third-order valence-corrected chi connectivity index (χ3v) is 3.55. The minimum atomic E-state index is -4.27. The van der Waals surface area contributed by atoms with Crippen LogP contribution in [0, 0.1) is 0 Å². The van der Waals surface area contributed by atoms with Crippen molar-refractivity contribution in [2.45, 2.75) is 32.0 Å². The standard InChI is InChI=1S/C12H22F3N3O/c1-3-18-6-4-10(5-7-18)17(2)11(19)8-16-9-12(13,14)15/h10,16H,3-9H2,1-2H3. The number of halogens is 3. The zero-order chi connectivity index (χ0) is 14.5. The number of piperidine rings is 1. The van der Waals surface area contributed by atoms with Crippen LogP contribution in [0.1, 0.15) is 19.8 Å². The molecule has 1 aliphatic rings. The van der Waals surface area contributed by atoms with Gasteiger partial charge in [-0.3, -0.25) is 4.79 Å². The number of carbonyl (C=O) groups is 1. The normalized spacial score (nSPS) is 18.6. The largest absolute Gasteiger partial charge is 0.401 e. The number of nitrogens with one attached hydrogen (secondary N) is 1. The van der Waals surface area contributed by atoms with Gasteiger partial charge in [-0.2, -0.15) is 13.2 Å². The topological polar surface area (TPSA) is 35.6 Å². The number of likely N-dealkylation sites (N-methyl/N-ethyl adjacent to an activating group) is 1. The summed E-state index contributed by atoms with van der Waals surface area (Å²) < 4.78 is 35.9. The summed E-state index contributed by atoms with van der Waals surface area (Å²) in [5.74, 6) is -0.279. The molecule has 1 N–H and O–H groups in total. The summed E-state index contributed by atoms with van der Waals surface area (Å²) in [6.45, 7) is 3.59. The van der Waals surface area contributed by atoms with Crippen molar-refractivity contribution in [1.29, 1.82) is 0 Å². The first-order valence-electron chi connectivity index (χ1n) is 6.59. The second kappa shape index (κ2) is 7.09. The van der Waals surface area contributed by atoms with Crippen molar-refractivity contribution in [2.24, 2.45) is 0 Å². The van der Waals surface area contributed by atoms with Crippen LogP contribution in [0.15, 0.2) is 0 Å². The Hall–Kier alpha value is -0.820. The van der Waals surface area contributed by atoms with E-state index in [0.29, 0.717) is 0 Å². The van der Waals surface area contributed by atoms with Gasteiger partial charge in [0.2, 0.25) is 5.91 Å². The van der Waals surface area contributed by atoms with E-state index in [1.165, 1.54) is 0 Å². The van der Waals surface area contributed by atoms with Gasteiger partial charge < -0.3 is 15.1 Å². The Morgan fingerprint density at radius 2 is 1.95 bits per heavy atom. The van der Waals surface area contributed by atoms with Crippen molar-refractivity contribution in [3.05, 3.63) is 0 Å². The maximum atomic E-state index is 12.0. The molecular formula is C12H22F3N3O. The predicted octanol–water partition coefficient (Wildman–Crippen LogP) is 1.08. The van der Waals surface area contributed by atoms with E-state index < -0.39 is 12.7 Å². The molecule has 1 fully saturated rings. The van der Waals surface area contributed by atoms with E-state index in [9.17, 15) is 18.0 Å². The first-order valence-corrected chi connectivity index (χ1v) is 6.59. The third-order valence-electron chi connectivity index (χ3n) is 3.55. The summed E-state index contributed by atoms with van der Waals surface area (Å²) in [5.41, 5.74) is 0. The minimum Gasteiger partial charge on any atom is -0.342 e. The van der Waals surface area contributed by atoms with Crippen LogP contribution in [0.2, 0.25) is 0 Å². The Balaban J connectivity index is 2.29. The van der Waals surface area contributed by atoms with Crippen molar-refractivity contribution in [3.63, 3.8) is 0 Å². The molecule has 0 radical (unpaired) electrons. The number of hydrogen-bond donors (Lipinski definition) is 1. The van der Waals surface area contributed by atoms with Gasteiger partial charge in [-0.15, -0.1) is 0 Å². The van der Waals surface area contributed by atoms with Crippen LogP contribution >= 0.6 is 0 Å². The molecule has 0 aromatic heterocycles. The smallest absolute Gasteiger partial charge is 0.342 e. The SMILES string of the molecule is CCN1CCC(N(C)C(=O)CNCC(F)(F)F)CC1. The Labute approximate surface area is 111 Å². The minimum absolute atomic E-state index is 0.142. The molecule has 19 heavy (non-hydrogen) atoms. The van der Waals surface area contributed by atoms with Gasteiger partial charge >= 0.3 is 6.18 Å². The number of likely N-dealkylation sites (tertiary alicyclic amines) is 1. The van der Waals surface area contributed by atoms with Gasteiger partial charge in [0.05, 0.1) is 13.1 Å². The van der Waals surface area contributed by atoms with E-state index in [1.807, 2.05) is 0 Å². The van der Waals surface area contributed by atoms with Crippen LogP contribution in [-0.4, -0.2) is 67.7 Å². The average molecular weight is 281 g/mol. The molecular weight excluding hydrogens is 259 g/mol. The van der Waals surface area contributed by atoms with E-state index in [-0.39, 0.29) is 18.5 Å². The first kappa shape index (κ1) is 16.2. The lowest BCUT2D eigenvalue weighted by molar-refractivity contribution is -0.135. The quantitative estimate of drug-likeness (QED) is 0.819. The fraction of sp³-hybridized carbons (Fsp3) is 0.917. The Morgan fingerprint density at radius 1 is 1.37 bits per heavy atom. The van der Waals surface area contributed by atoms with Crippen molar-refractivity contribution >= 4 is 5.91 Å². The Bertz CT molecular complexity index is 288. The number of hydrogen-bond acceptors (Lipinski definition) is 3. The summed E-state index contributed by atoms with van der Waals surface area (Å²) >= 11 is 0. The van der Waals surface area contributed by atoms with Crippen molar-refractivity contribution in [3.8, 4) is 0 Å². The van der Waals surface area contributed by atoms with E-state index >= 15 is 0 Å². The van der Waals surface area contributed by atoms with E-state index in [4.69, 9.17) is 0 Å². The zero-order valence-electron chi connectivity index (χ0n) is 11.5. The molecule has 0 aromatic rings. The molecule has 0 spiro atoms. The van der Waals surface area contributed by atoms with Crippen molar-refractivity contribution in [2.75, 3.05) is 39.8 Å². The van der Waals surface area contributed by atoms with Gasteiger partial charge in [-0.1, -0.05) is 6.92 Å². The highest BCUT2D eigenvalue weighted by Crippen LogP contribution is 2.15. The lowest BCUT2D eigenvalue weighted by Gasteiger charge is -2.36. The van der Waals surface area contributed by atoms with Crippen LogP contribution < -0.4 is 5.32 Å². The van der Waals surface area contributed by atoms with Gasteiger partial charge in [0.15, 0.2) is 0 Å². The maximum absolute atomic E-state index is 12.0. The number of rotatable bonds is 5. The van der Waals surface area contributed by atoms with E-state index in [1.54, 1.807) is 11.9 Å². The van der Waals surface area contributed by atoms with Crippen molar-refractivity contribution in [1.82, 2.24) is 15.1 Å². The summed E-state index contributed by atoms with van der Waals surface area (Å²) in [4.78, 5) is 15.6.